The lowest BCUT2D eigenvalue weighted by Gasteiger charge is -2.01. The van der Waals surface area contributed by atoms with Crippen molar-refractivity contribution in [3.05, 3.63) is 35.9 Å². The van der Waals surface area contributed by atoms with Crippen molar-refractivity contribution < 1.29 is 5.11 Å². The van der Waals surface area contributed by atoms with Crippen LogP contribution in [0, 0.1) is 0 Å². The largest absolute Gasteiger partial charge is 0.397 e. The summed E-state index contributed by atoms with van der Waals surface area (Å²) in [5.41, 5.74) is 1.36. The van der Waals surface area contributed by atoms with Gasteiger partial charge >= 0.3 is 0 Å². The first kappa shape index (κ1) is 13.1. The molecule has 0 unspecified atom stereocenters. The van der Waals surface area contributed by atoms with Crippen LogP contribution in [0.4, 0.5) is 0 Å². The molecule has 0 atom stereocenters. The van der Waals surface area contributed by atoms with Crippen LogP contribution in [0.25, 0.3) is 0 Å². The highest BCUT2D eigenvalue weighted by Gasteiger charge is 1.87. The van der Waals surface area contributed by atoms with Crippen LogP contribution in [-0.4, -0.2) is 18.3 Å². The molecule has 14 heavy (non-hydrogen) atoms. The zero-order valence-corrected chi connectivity index (χ0v) is 9.16. The van der Waals surface area contributed by atoms with Crippen molar-refractivity contribution in [3.8, 4) is 0 Å². The van der Waals surface area contributed by atoms with Gasteiger partial charge in [0.1, 0.15) is 0 Å². The van der Waals surface area contributed by atoms with Crippen LogP contribution in [-0.2, 0) is 6.54 Å². The van der Waals surface area contributed by atoms with E-state index in [0.29, 0.717) is 0 Å². The molecule has 0 amide bonds. The molecule has 0 aliphatic heterocycles. The van der Waals surface area contributed by atoms with E-state index in [9.17, 15) is 0 Å². The monoisotopic (exact) mass is 195 g/mol. The predicted molar refractivity (Wildman–Crippen MR) is 61.2 cm³/mol. The minimum Gasteiger partial charge on any atom is -0.397 e. The summed E-state index contributed by atoms with van der Waals surface area (Å²) in [4.78, 5) is 0. The predicted octanol–water partition coefficient (Wildman–Crippen LogP) is 2.18. The second-order valence-electron chi connectivity index (χ2n) is 2.98. The second-order valence-corrected chi connectivity index (χ2v) is 2.98. The maximum absolute atomic E-state index is 7.57. The van der Waals surface area contributed by atoms with E-state index < -0.39 is 0 Å². The smallest absolute Gasteiger partial charge is 0.0402 e. The van der Waals surface area contributed by atoms with E-state index in [1.54, 1.807) is 6.92 Å². The molecule has 0 aromatic heterocycles. The summed E-state index contributed by atoms with van der Waals surface area (Å²) in [6.45, 7) is 6.21. The van der Waals surface area contributed by atoms with Crippen LogP contribution in [0.3, 0.4) is 0 Å². The molecule has 2 nitrogen and oxygen atoms in total. The molecule has 0 bridgehead atoms. The molecule has 0 fully saturated rings. The lowest BCUT2D eigenvalue weighted by Crippen LogP contribution is -2.13. The number of aliphatic hydroxyl groups excluding tert-OH is 1. The molecule has 0 saturated heterocycles. The average molecular weight is 195 g/mol. The van der Waals surface area contributed by atoms with Gasteiger partial charge in [-0.15, -0.1) is 0 Å². The minimum absolute atomic E-state index is 0.250. The highest BCUT2D eigenvalue weighted by atomic mass is 16.2. The second kappa shape index (κ2) is 10.2. The zero-order valence-electron chi connectivity index (χ0n) is 9.16. The number of aliphatic hydroxyl groups is 1. The first-order valence-electron chi connectivity index (χ1n) is 5.20. The SMILES string of the molecule is CCCNCc1ccccc1.CCO. The van der Waals surface area contributed by atoms with Crippen molar-refractivity contribution in [1.82, 2.24) is 5.32 Å². The van der Waals surface area contributed by atoms with Crippen LogP contribution >= 0.6 is 0 Å². The van der Waals surface area contributed by atoms with E-state index in [1.807, 2.05) is 6.07 Å². The number of hydrogen-bond acceptors (Lipinski definition) is 2. The number of hydrogen-bond donors (Lipinski definition) is 2. The van der Waals surface area contributed by atoms with Gasteiger partial charge in [0.2, 0.25) is 0 Å². The Hall–Kier alpha value is -0.860. The summed E-state index contributed by atoms with van der Waals surface area (Å²) in [7, 11) is 0. The topological polar surface area (TPSA) is 32.3 Å². The highest BCUT2D eigenvalue weighted by Crippen LogP contribution is 1.96. The van der Waals surface area contributed by atoms with E-state index >= 15 is 0 Å². The molecule has 80 valence electrons. The molecule has 0 saturated carbocycles. The first-order valence-corrected chi connectivity index (χ1v) is 5.20. The Kier molecular flexibility index (Phi) is 9.59. The van der Waals surface area contributed by atoms with Gasteiger partial charge in [-0.2, -0.15) is 0 Å². The Labute approximate surface area is 87.0 Å². The molecule has 1 aromatic rings. The molecular formula is C12H21NO. The molecule has 0 aliphatic rings. The Morgan fingerprint density at radius 3 is 2.21 bits per heavy atom. The third kappa shape index (κ3) is 7.77. The fourth-order valence-corrected chi connectivity index (χ4v) is 1.01. The van der Waals surface area contributed by atoms with Gasteiger partial charge in [0, 0.05) is 13.2 Å². The van der Waals surface area contributed by atoms with Gasteiger partial charge in [-0.3, -0.25) is 0 Å². The van der Waals surface area contributed by atoms with Crippen molar-refractivity contribution in [2.45, 2.75) is 26.8 Å². The van der Waals surface area contributed by atoms with E-state index in [2.05, 4.69) is 36.5 Å². The lowest BCUT2D eigenvalue weighted by atomic mass is 10.2. The molecule has 0 heterocycles. The lowest BCUT2D eigenvalue weighted by molar-refractivity contribution is 0.318. The van der Waals surface area contributed by atoms with Crippen LogP contribution < -0.4 is 5.32 Å². The Bertz CT molecular complexity index is 199. The summed E-state index contributed by atoms with van der Waals surface area (Å²) in [5, 5.41) is 10.9. The van der Waals surface area contributed by atoms with E-state index in [-0.39, 0.29) is 6.61 Å². The molecule has 0 spiro atoms. The highest BCUT2D eigenvalue weighted by molar-refractivity contribution is 5.14. The first-order chi connectivity index (χ1) is 6.85. The standard InChI is InChI=1S/C10H15N.C2H6O/c1-2-8-11-9-10-6-4-3-5-7-10;1-2-3/h3-7,11H,2,8-9H2,1H3;3H,2H2,1H3. The van der Waals surface area contributed by atoms with E-state index in [4.69, 9.17) is 5.11 Å². The van der Waals surface area contributed by atoms with Gasteiger partial charge in [-0.05, 0) is 25.5 Å². The van der Waals surface area contributed by atoms with E-state index in [0.717, 1.165) is 13.1 Å². The average Bonchev–Trinajstić information content (AvgIpc) is 2.21. The van der Waals surface area contributed by atoms with Crippen molar-refractivity contribution in [2.75, 3.05) is 13.2 Å². The van der Waals surface area contributed by atoms with Crippen LogP contribution in [0.1, 0.15) is 25.8 Å². The Balaban J connectivity index is 0.000000500. The van der Waals surface area contributed by atoms with Gasteiger partial charge in [-0.1, -0.05) is 37.3 Å². The van der Waals surface area contributed by atoms with Gasteiger partial charge in [-0.25, -0.2) is 0 Å². The number of rotatable bonds is 4. The van der Waals surface area contributed by atoms with Crippen molar-refractivity contribution in [3.63, 3.8) is 0 Å². The number of benzene rings is 1. The van der Waals surface area contributed by atoms with Gasteiger partial charge in [0.15, 0.2) is 0 Å². The maximum atomic E-state index is 7.57. The molecule has 0 aliphatic carbocycles. The summed E-state index contributed by atoms with van der Waals surface area (Å²) in [6.07, 6.45) is 1.20. The summed E-state index contributed by atoms with van der Waals surface area (Å²) in [6, 6.07) is 10.5. The Morgan fingerprint density at radius 1 is 1.14 bits per heavy atom. The Morgan fingerprint density at radius 2 is 1.71 bits per heavy atom. The fraction of sp³-hybridized carbons (Fsp3) is 0.500. The molecule has 2 heteroatoms. The molecular weight excluding hydrogens is 174 g/mol. The summed E-state index contributed by atoms with van der Waals surface area (Å²) in [5.74, 6) is 0. The quantitative estimate of drug-likeness (QED) is 0.722. The van der Waals surface area contributed by atoms with Crippen molar-refractivity contribution in [2.24, 2.45) is 0 Å². The molecule has 2 N–H and O–H groups in total. The normalized spacial score (nSPS) is 9.07. The van der Waals surface area contributed by atoms with Crippen molar-refractivity contribution >= 4 is 0 Å². The van der Waals surface area contributed by atoms with Crippen LogP contribution in [0.15, 0.2) is 30.3 Å². The van der Waals surface area contributed by atoms with Crippen LogP contribution in [0.2, 0.25) is 0 Å². The summed E-state index contributed by atoms with van der Waals surface area (Å²) < 4.78 is 0. The molecule has 1 rings (SSSR count). The van der Waals surface area contributed by atoms with Crippen LogP contribution in [0.5, 0.6) is 0 Å². The molecule has 1 aromatic carbocycles. The van der Waals surface area contributed by atoms with E-state index in [1.165, 1.54) is 12.0 Å². The maximum Gasteiger partial charge on any atom is 0.0402 e. The third-order valence-corrected chi connectivity index (χ3v) is 1.60. The fourth-order valence-electron chi connectivity index (χ4n) is 1.01. The van der Waals surface area contributed by atoms with Gasteiger partial charge < -0.3 is 10.4 Å². The van der Waals surface area contributed by atoms with Gasteiger partial charge in [0.25, 0.3) is 0 Å². The zero-order chi connectivity index (χ0) is 10.6. The minimum atomic E-state index is 0.250. The number of nitrogens with one attached hydrogen (secondary N) is 1. The van der Waals surface area contributed by atoms with Crippen molar-refractivity contribution in [1.29, 1.82) is 0 Å². The molecule has 0 radical (unpaired) electrons. The summed E-state index contributed by atoms with van der Waals surface area (Å²) >= 11 is 0. The van der Waals surface area contributed by atoms with Gasteiger partial charge in [0.05, 0.1) is 0 Å². The third-order valence-electron chi connectivity index (χ3n) is 1.60.